The lowest BCUT2D eigenvalue weighted by Crippen LogP contribution is -2.61. The number of piperidine rings is 1. The standard InChI is InChI=1S/C17H31N3O3/c1-18-6-2-7-19(12-11-18)8-3-16(23)20-9-4-17(5-10-20)14(21)13-15(17)22/h14-15,21-22H,2-13H2,1H3/t14-,15+. The van der Waals surface area contributed by atoms with Gasteiger partial charge in [0, 0.05) is 51.0 Å². The number of hydrogen-bond acceptors (Lipinski definition) is 5. The van der Waals surface area contributed by atoms with Crippen LogP contribution in [0.3, 0.4) is 0 Å². The molecule has 0 radical (unpaired) electrons. The van der Waals surface area contributed by atoms with Crippen LogP contribution in [0.2, 0.25) is 0 Å². The van der Waals surface area contributed by atoms with Crippen molar-refractivity contribution in [3.05, 3.63) is 0 Å². The van der Waals surface area contributed by atoms with Gasteiger partial charge in [-0.15, -0.1) is 0 Å². The second-order valence-corrected chi connectivity index (χ2v) is 7.63. The lowest BCUT2D eigenvalue weighted by molar-refractivity contribution is -0.191. The first-order valence-corrected chi connectivity index (χ1v) is 9.06. The monoisotopic (exact) mass is 325 g/mol. The minimum atomic E-state index is -0.385. The number of aliphatic hydroxyl groups excluding tert-OH is 2. The van der Waals surface area contributed by atoms with Crippen LogP contribution < -0.4 is 0 Å². The van der Waals surface area contributed by atoms with Gasteiger partial charge in [-0.25, -0.2) is 0 Å². The zero-order valence-electron chi connectivity index (χ0n) is 14.3. The molecule has 0 aromatic heterocycles. The van der Waals surface area contributed by atoms with E-state index in [-0.39, 0.29) is 23.5 Å². The smallest absolute Gasteiger partial charge is 0.223 e. The first-order chi connectivity index (χ1) is 11.0. The Balaban J connectivity index is 1.41. The van der Waals surface area contributed by atoms with Gasteiger partial charge in [-0.2, -0.15) is 0 Å². The van der Waals surface area contributed by atoms with E-state index in [4.69, 9.17) is 0 Å². The number of rotatable bonds is 3. The minimum absolute atomic E-state index is 0.223. The summed E-state index contributed by atoms with van der Waals surface area (Å²) in [6, 6.07) is 0. The average Bonchev–Trinajstić information content (AvgIpc) is 2.77. The summed E-state index contributed by atoms with van der Waals surface area (Å²) in [5, 5.41) is 19.9. The Bertz CT molecular complexity index is 413. The number of amides is 1. The third-order valence-corrected chi connectivity index (χ3v) is 6.27. The van der Waals surface area contributed by atoms with Crippen LogP contribution in [0, 0.1) is 5.41 Å². The number of aliphatic hydroxyl groups is 2. The highest BCUT2D eigenvalue weighted by atomic mass is 16.3. The van der Waals surface area contributed by atoms with Gasteiger partial charge in [-0.1, -0.05) is 0 Å². The topological polar surface area (TPSA) is 67.2 Å². The first kappa shape index (κ1) is 17.1. The number of carbonyl (C=O) groups is 1. The predicted octanol–water partition coefficient (Wildman–Crippen LogP) is -0.252. The molecule has 132 valence electrons. The summed E-state index contributed by atoms with van der Waals surface area (Å²) in [5.41, 5.74) is -0.327. The van der Waals surface area contributed by atoms with Gasteiger partial charge in [0.2, 0.25) is 5.91 Å². The zero-order chi connectivity index (χ0) is 16.4. The molecule has 6 nitrogen and oxygen atoms in total. The molecule has 0 bridgehead atoms. The maximum atomic E-state index is 12.4. The predicted molar refractivity (Wildman–Crippen MR) is 88.0 cm³/mol. The molecule has 3 aliphatic rings. The number of carbonyl (C=O) groups excluding carboxylic acids is 1. The van der Waals surface area contributed by atoms with Gasteiger partial charge in [0.15, 0.2) is 0 Å². The van der Waals surface area contributed by atoms with Crippen molar-refractivity contribution in [3.63, 3.8) is 0 Å². The van der Waals surface area contributed by atoms with Crippen LogP contribution in [0.4, 0.5) is 0 Å². The van der Waals surface area contributed by atoms with Gasteiger partial charge in [0.1, 0.15) is 0 Å². The van der Waals surface area contributed by atoms with Crippen molar-refractivity contribution in [2.75, 3.05) is 52.9 Å². The van der Waals surface area contributed by atoms with Crippen LogP contribution in [-0.2, 0) is 4.79 Å². The quantitative estimate of drug-likeness (QED) is 0.749. The normalized spacial score (nSPS) is 32.6. The average molecular weight is 325 g/mol. The SMILES string of the molecule is CN1CCCN(CCC(=O)N2CCC3(CC2)[C@H](O)C[C@@H]3O)CC1. The lowest BCUT2D eigenvalue weighted by Gasteiger charge is -2.55. The summed E-state index contributed by atoms with van der Waals surface area (Å²) in [5.74, 6) is 0.223. The highest BCUT2D eigenvalue weighted by molar-refractivity contribution is 5.76. The van der Waals surface area contributed by atoms with E-state index in [2.05, 4.69) is 16.8 Å². The molecule has 1 aliphatic carbocycles. The second-order valence-electron chi connectivity index (χ2n) is 7.63. The van der Waals surface area contributed by atoms with E-state index in [0.717, 1.165) is 45.6 Å². The molecule has 0 unspecified atom stereocenters. The summed E-state index contributed by atoms with van der Waals surface area (Å²) in [6.07, 6.45) is 2.95. The molecule has 2 saturated heterocycles. The van der Waals surface area contributed by atoms with Crippen LogP contribution in [0.25, 0.3) is 0 Å². The zero-order valence-corrected chi connectivity index (χ0v) is 14.3. The van der Waals surface area contributed by atoms with Crippen molar-refractivity contribution in [1.82, 2.24) is 14.7 Å². The van der Waals surface area contributed by atoms with Crippen LogP contribution in [-0.4, -0.2) is 95.9 Å². The van der Waals surface area contributed by atoms with Gasteiger partial charge in [0.25, 0.3) is 0 Å². The van der Waals surface area contributed by atoms with E-state index in [9.17, 15) is 15.0 Å². The van der Waals surface area contributed by atoms with E-state index >= 15 is 0 Å². The van der Waals surface area contributed by atoms with Crippen LogP contribution in [0.1, 0.15) is 32.1 Å². The Morgan fingerprint density at radius 1 is 1.04 bits per heavy atom. The number of likely N-dealkylation sites (tertiary alicyclic amines) is 1. The number of hydrogen-bond donors (Lipinski definition) is 2. The van der Waals surface area contributed by atoms with Crippen LogP contribution >= 0.6 is 0 Å². The molecule has 1 spiro atoms. The van der Waals surface area contributed by atoms with Crippen LogP contribution in [0.5, 0.6) is 0 Å². The van der Waals surface area contributed by atoms with E-state index in [1.165, 1.54) is 6.42 Å². The molecule has 0 aromatic carbocycles. The third kappa shape index (κ3) is 3.55. The highest BCUT2D eigenvalue weighted by Gasteiger charge is 2.55. The molecule has 0 aromatic rings. The van der Waals surface area contributed by atoms with Gasteiger partial charge < -0.3 is 24.9 Å². The minimum Gasteiger partial charge on any atom is -0.392 e. The Labute approximate surface area is 139 Å². The largest absolute Gasteiger partial charge is 0.392 e. The van der Waals surface area contributed by atoms with Crippen molar-refractivity contribution in [2.45, 2.75) is 44.3 Å². The van der Waals surface area contributed by atoms with E-state index in [0.29, 0.717) is 25.9 Å². The molecule has 2 N–H and O–H groups in total. The Hall–Kier alpha value is -0.690. The molecule has 2 heterocycles. The molecule has 6 heteroatoms. The third-order valence-electron chi connectivity index (χ3n) is 6.27. The summed E-state index contributed by atoms with van der Waals surface area (Å²) < 4.78 is 0. The fourth-order valence-electron chi connectivity index (χ4n) is 4.32. The van der Waals surface area contributed by atoms with Gasteiger partial charge in [-0.05, 0) is 39.4 Å². The number of nitrogens with zero attached hydrogens (tertiary/aromatic N) is 3. The van der Waals surface area contributed by atoms with Crippen molar-refractivity contribution in [1.29, 1.82) is 0 Å². The maximum absolute atomic E-state index is 12.4. The summed E-state index contributed by atoms with van der Waals surface area (Å²) in [7, 11) is 2.15. The van der Waals surface area contributed by atoms with E-state index in [1.54, 1.807) is 0 Å². The molecule has 3 rings (SSSR count). The van der Waals surface area contributed by atoms with E-state index in [1.807, 2.05) is 4.90 Å². The Kier molecular flexibility index (Phi) is 5.26. The molecule has 1 saturated carbocycles. The van der Waals surface area contributed by atoms with Crippen molar-refractivity contribution >= 4 is 5.91 Å². The van der Waals surface area contributed by atoms with Gasteiger partial charge >= 0.3 is 0 Å². The van der Waals surface area contributed by atoms with Crippen LogP contribution in [0.15, 0.2) is 0 Å². The van der Waals surface area contributed by atoms with Gasteiger partial charge in [0.05, 0.1) is 12.2 Å². The second kappa shape index (κ2) is 7.05. The Morgan fingerprint density at radius 3 is 2.39 bits per heavy atom. The lowest BCUT2D eigenvalue weighted by atomic mass is 9.58. The van der Waals surface area contributed by atoms with E-state index < -0.39 is 0 Å². The Morgan fingerprint density at radius 2 is 1.74 bits per heavy atom. The molecule has 1 amide bonds. The van der Waals surface area contributed by atoms with Gasteiger partial charge in [-0.3, -0.25) is 4.79 Å². The molecular weight excluding hydrogens is 294 g/mol. The maximum Gasteiger partial charge on any atom is 0.223 e. The fraction of sp³-hybridized carbons (Fsp3) is 0.941. The summed E-state index contributed by atoms with van der Waals surface area (Å²) >= 11 is 0. The summed E-state index contributed by atoms with van der Waals surface area (Å²) in [6.45, 7) is 6.55. The molecule has 3 fully saturated rings. The molecule has 23 heavy (non-hydrogen) atoms. The molecular formula is C17H31N3O3. The highest BCUT2D eigenvalue weighted by Crippen LogP contribution is 2.49. The van der Waals surface area contributed by atoms with Crippen molar-refractivity contribution in [3.8, 4) is 0 Å². The summed E-state index contributed by atoms with van der Waals surface area (Å²) in [4.78, 5) is 19.1. The first-order valence-electron chi connectivity index (χ1n) is 9.06. The van der Waals surface area contributed by atoms with Crippen molar-refractivity contribution < 1.29 is 15.0 Å². The molecule has 2 atom stereocenters. The van der Waals surface area contributed by atoms with Crippen molar-refractivity contribution in [2.24, 2.45) is 5.41 Å². The molecule has 2 aliphatic heterocycles. The number of likely N-dealkylation sites (N-methyl/N-ethyl adjacent to an activating group) is 1. The fourth-order valence-corrected chi connectivity index (χ4v) is 4.32.